The van der Waals surface area contributed by atoms with E-state index in [1.807, 2.05) is 37.3 Å². The number of hydrogen-bond acceptors (Lipinski definition) is 7. The second-order valence-corrected chi connectivity index (χ2v) is 10.4. The Morgan fingerprint density at radius 3 is 2.45 bits per heavy atom. The number of aromatic nitrogens is 1. The molecule has 0 saturated carbocycles. The van der Waals surface area contributed by atoms with Crippen molar-refractivity contribution in [3.8, 4) is 22.8 Å². The Labute approximate surface area is 193 Å². The van der Waals surface area contributed by atoms with E-state index in [9.17, 15) is 13.2 Å². The van der Waals surface area contributed by atoms with Crippen LogP contribution in [0.4, 0.5) is 0 Å². The van der Waals surface area contributed by atoms with Gasteiger partial charge in [0.15, 0.2) is 32.8 Å². The highest BCUT2D eigenvalue weighted by Crippen LogP contribution is 2.30. The molecular formula is C24H26N2O6S. The minimum absolute atomic E-state index is 0.0564. The van der Waals surface area contributed by atoms with Crippen molar-refractivity contribution in [1.82, 2.24) is 10.1 Å². The molecule has 174 valence electrons. The van der Waals surface area contributed by atoms with Crippen LogP contribution in [0.3, 0.4) is 0 Å². The molecule has 1 amide bonds. The van der Waals surface area contributed by atoms with Gasteiger partial charge in [0.05, 0.1) is 25.7 Å². The van der Waals surface area contributed by atoms with E-state index in [0.717, 1.165) is 16.7 Å². The van der Waals surface area contributed by atoms with Crippen LogP contribution in [0.2, 0.25) is 0 Å². The summed E-state index contributed by atoms with van der Waals surface area (Å²) in [6.07, 6.45) is 0.379. The number of aryl methyl sites for hydroxylation is 1. The summed E-state index contributed by atoms with van der Waals surface area (Å²) in [4.78, 5) is 15.0. The van der Waals surface area contributed by atoms with E-state index in [1.54, 1.807) is 30.2 Å². The Kier molecular flexibility index (Phi) is 6.42. The molecule has 9 heteroatoms. The Morgan fingerprint density at radius 1 is 1.09 bits per heavy atom. The maximum atomic E-state index is 13.5. The van der Waals surface area contributed by atoms with Gasteiger partial charge in [0.2, 0.25) is 0 Å². The van der Waals surface area contributed by atoms with Gasteiger partial charge in [-0.2, -0.15) is 0 Å². The van der Waals surface area contributed by atoms with Gasteiger partial charge in [-0.15, -0.1) is 0 Å². The summed E-state index contributed by atoms with van der Waals surface area (Å²) in [5.74, 6) is 1.18. The number of sulfone groups is 1. The summed E-state index contributed by atoms with van der Waals surface area (Å²) in [5.41, 5.74) is 2.84. The standard InChI is InChI=1S/C24H26N2O6S/c1-16-4-7-18(8-5-16)22-13-20(25-32-22)24(27)26(19-10-11-33(28,29)15-19)14-17-6-9-21(30-2)23(12-17)31-3/h4-9,12-13,19H,10-11,14-15H2,1-3H3/t19-/m1/s1. The number of carbonyl (C=O) groups excluding carboxylic acids is 1. The van der Waals surface area contributed by atoms with Crippen molar-refractivity contribution in [2.24, 2.45) is 0 Å². The average Bonchev–Trinajstić information content (AvgIpc) is 3.44. The SMILES string of the molecule is COc1ccc(CN(C(=O)c2cc(-c3ccc(C)cc3)on2)[C@@H]2CCS(=O)(=O)C2)cc1OC. The molecule has 8 nitrogen and oxygen atoms in total. The first-order valence-electron chi connectivity index (χ1n) is 10.6. The number of carbonyl (C=O) groups is 1. The maximum Gasteiger partial charge on any atom is 0.276 e. The van der Waals surface area contributed by atoms with Gasteiger partial charge in [-0.1, -0.05) is 41.1 Å². The second-order valence-electron chi connectivity index (χ2n) is 8.12. The lowest BCUT2D eigenvalue weighted by atomic mass is 10.1. The third-order valence-electron chi connectivity index (χ3n) is 5.78. The van der Waals surface area contributed by atoms with Crippen LogP contribution >= 0.6 is 0 Å². The van der Waals surface area contributed by atoms with Crippen molar-refractivity contribution in [1.29, 1.82) is 0 Å². The summed E-state index contributed by atoms with van der Waals surface area (Å²) < 4.78 is 40.4. The van der Waals surface area contributed by atoms with E-state index >= 15 is 0 Å². The third-order valence-corrected chi connectivity index (χ3v) is 7.53. The van der Waals surface area contributed by atoms with Crippen LogP contribution in [0.1, 0.15) is 28.0 Å². The molecule has 0 N–H and O–H groups in total. The normalized spacial score (nSPS) is 17.0. The van der Waals surface area contributed by atoms with Crippen LogP contribution in [0.5, 0.6) is 11.5 Å². The fourth-order valence-corrected chi connectivity index (χ4v) is 5.67. The Bertz CT molecular complexity index is 1250. The third kappa shape index (κ3) is 5.03. The number of benzene rings is 2. The fourth-order valence-electron chi connectivity index (χ4n) is 3.94. The van der Waals surface area contributed by atoms with Crippen LogP contribution in [-0.2, 0) is 16.4 Å². The van der Waals surface area contributed by atoms with Crippen LogP contribution in [0.15, 0.2) is 53.1 Å². The molecule has 0 radical (unpaired) electrons. The largest absolute Gasteiger partial charge is 0.493 e. The molecule has 33 heavy (non-hydrogen) atoms. The zero-order chi connectivity index (χ0) is 23.6. The van der Waals surface area contributed by atoms with Gasteiger partial charge < -0.3 is 18.9 Å². The number of amides is 1. The summed E-state index contributed by atoms with van der Waals surface area (Å²) in [6.45, 7) is 2.19. The topological polar surface area (TPSA) is 98.9 Å². The summed E-state index contributed by atoms with van der Waals surface area (Å²) in [6, 6.07) is 14.2. The molecule has 3 aromatic rings. The molecule has 1 aromatic heterocycles. The number of nitrogens with zero attached hydrogens (tertiary/aromatic N) is 2. The van der Waals surface area contributed by atoms with E-state index in [1.165, 1.54) is 7.11 Å². The molecule has 1 aliphatic rings. The van der Waals surface area contributed by atoms with Gasteiger partial charge in [-0.3, -0.25) is 4.79 Å². The minimum atomic E-state index is -3.20. The van der Waals surface area contributed by atoms with E-state index in [-0.39, 0.29) is 29.7 Å². The quantitative estimate of drug-likeness (QED) is 0.521. The summed E-state index contributed by atoms with van der Waals surface area (Å²) >= 11 is 0. The first-order chi connectivity index (χ1) is 15.8. The Balaban J connectivity index is 1.64. The molecule has 4 rings (SSSR count). The smallest absolute Gasteiger partial charge is 0.276 e. The van der Waals surface area contributed by atoms with Gasteiger partial charge >= 0.3 is 0 Å². The molecule has 0 unspecified atom stereocenters. The zero-order valence-corrected chi connectivity index (χ0v) is 19.6. The van der Waals surface area contributed by atoms with Crippen molar-refractivity contribution in [2.75, 3.05) is 25.7 Å². The number of ether oxygens (including phenoxy) is 2. The summed E-state index contributed by atoms with van der Waals surface area (Å²) in [7, 11) is -0.110. The van der Waals surface area contributed by atoms with E-state index in [0.29, 0.717) is 23.7 Å². The van der Waals surface area contributed by atoms with Crippen molar-refractivity contribution >= 4 is 15.7 Å². The molecule has 2 aromatic carbocycles. The molecule has 2 heterocycles. The second kappa shape index (κ2) is 9.27. The Morgan fingerprint density at radius 2 is 1.82 bits per heavy atom. The predicted molar refractivity (Wildman–Crippen MR) is 123 cm³/mol. The lowest BCUT2D eigenvalue weighted by molar-refractivity contribution is 0.0670. The molecule has 1 saturated heterocycles. The van der Waals surface area contributed by atoms with Crippen LogP contribution in [-0.4, -0.2) is 56.1 Å². The van der Waals surface area contributed by atoms with Crippen LogP contribution in [0, 0.1) is 6.92 Å². The molecular weight excluding hydrogens is 444 g/mol. The highest BCUT2D eigenvalue weighted by atomic mass is 32.2. The highest BCUT2D eigenvalue weighted by molar-refractivity contribution is 7.91. The average molecular weight is 471 g/mol. The maximum absolute atomic E-state index is 13.5. The van der Waals surface area contributed by atoms with Crippen molar-refractivity contribution in [3.05, 3.63) is 65.4 Å². The molecule has 1 fully saturated rings. The van der Waals surface area contributed by atoms with Crippen molar-refractivity contribution in [3.63, 3.8) is 0 Å². The summed E-state index contributed by atoms with van der Waals surface area (Å²) in [5, 5.41) is 3.99. The number of rotatable bonds is 7. The van der Waals surface area contributed by atoms with E-state index < -0.39 is 15.9 Å². The lowest BCUT2D eigenvalue weighted by Gasteiger charge is -2.27. The zero-order valence-electron chi connectivity index (χ0n) is 18.8. The van der Waals surface area contributed by atoms with Gasteiger partial charge in [-0.25, -0.2) is 8.42 Å². The monoisotopic (exact) mass is 470 g/mol. The minimum Gasteiger partial charge on any atom is -0.493 e. The van der Waals surface area contributed by atoms with E-state index in [2.05, 4.69) is 5.16 Å². The fraction of sp³-hybridized carbons (Fsp3) is 0.333. The molecule has 1 aliphatic heterocycles. The van der Waals surface area contributed by atoms with E-state index in [4.69, 9.17) is 14.0 Å². The molecule has 0 aliphatic carbocycles. The lowest BCUT2D eigenvalue weighted by Crippen LogP contribution is -2.40. The highest BCUT2D eigenvalue weighted by Gasteiger charge is 2.36. The van der Waals surface area contributed by atoms with Crippen LogP contribution in [0.25, 0.3) is 11.3 Å². The predicted octanol–water partition coefficient (Wildman–Crippen LogP) is 3.50. The van der Waals surface area contributed by atoms with Gasteiger partial charge in [-0.05, 0) is 31.0 Å². The molecule has 0 spiro atoms. The first-order valence-corrected chi connectivity index (χ1v) is 12.4. The molecule has 1 atom stereocenters. The van der Waals surface area contributed by atoms with Crippen LogP contribution < -0.4 is 9.47 Å². The van der Waals surface area contributed by atoms with Gasteiger partial charge in [0.25, 0.3) is 5.91 Å². The molecule has 0 bridgehead atoms. The number of methoxy groups -OCH3 is 2. The Hall–Kier alpha value is -3.33. The van der Waals surface area contributed by atoms with Gasteiger partial charge in [0, 0.05) is 24.2 Å². The van der Waals surface area contributed by atoms with Crippen molar-refractivity contribution in [2.45, 2.75) is 25.9 Å². The number of hydrogen-bond donors (Lipinski definition) is 0. The van der Waals surface area contributed by atoms with Gasteiger partial charge in [0.1, 0.15) is 0 Å². The first kappa shape index (κ1) is 22.8. The van der Waals surface area contributed by atoms with Crippen molar-refractivity contribution < 1.29 is 27.2 Å².